The molecule has 3 N–H and O–H groups in total. The number of hydrogen-bond acceptors (Lipinski definition) is 4. The number of amides is 1. The second-order valence-electron chi connectivity index (χ2n) is 6.25. The molecule has 0 saturated carbocycles. The quantitative estimate of drug-likeness (QED) is 0.882. The standard InChI is InChI=1S/C19H24N4O/c20-13-18-12-16(6-9-21-18)19(24)22-17-7-10-23(11-8-17)14-15-4-2-1-3-5-15/h1-6,9,12,17H,7-8,10-11,13-14,20H2,(H,22,24). The van der Waals surface area contributed by atoms with Gasteiger partial charge in [0.05, 0.1) is 5.69 Å². The summed E-state index contributed by atoms with van der Waals surface area (Å²) in [5, 5.41) is 3.14. The molecule has 0 spiro atoms. The summed E-state index contributed by atoms with van der Waals surface area (Å²) in [4.78, 5) is 18.9. The summed E-state index contributed by atoms with van der Waals surface area (Å²) in [6.45, 7) is 3.33. The van der Waals surface area contributed by atoms with E-state index in [0.717, 1.165) is 38.2 Å². The summed E-state index contributed by atoms with van der Waals surface area (Å²) < 4.78 is 0. The molecule has 5 nitrogen and oxygen atoms in total. The van der Waals surface area contributed by atoms with E-state index in [0.29, 0.717) is 12.1 Å². The van der Waals surface area contributed by atoms with Crippen LogP contribution < -0.4 is 11.1 Å². The predicted molar refractivity (Wildman–Crippen MR) is 94.3 cm³/mol. The molecular weight excluding hydrogens is 300 g/mol. The predicted octanol–water partition coefficient (Wildman–Crippen LogP) is 1.93. The minimum absolute atomic E-state index is 0.0337. The fraction of sp³-hybridized carbons (Fsp3) is 0.368. The molecular formula is C19H24N4O. The lowest BCUT2D eigenvalue weighted by Gasteiger charge is -2.32. The smallest absolute Gasteiger partial charge is 0.251 e. The number of nitrogens with two attached hydrogens (primary N) is 1. The largest absolute Gasteiger partial charge is 0.349 e. The third kappa shape index (κ3) is 4.40. The number of pyridine rings is 1. The van der Waals surface area contributed by atoms with Crippen LogP contribution in [0.15, 0.2) is 48.7 Å². The van der Waals surface area contributed by atoms with E-state index >= 15 is 0 Å². The Morgan fingerprint density at radius 3 is 2.67 bits per heavy atom. The van der Waals surface area contributed by atoms with Crippen molar-refractivity contribution < 1.29 is 4.79 Å². The van der Waals surface area contributed by atoms with Crippen molar-refractivity contribution >= 4 is 5.91 Å². The molecule has 0 atom stereocenters. The monoisotopic (exact) mass is 324 g/mol. The van der Waals surface area contributed by atoms with Gasteiger partial charge in [0, 0.05) is 44.0 Å². The fourth-order valence-electron chi connectivity index (χ4n) is 3.08. The Bertz CT molecular complexity index is 666. The molecule has 3 rings (SSSR count). The van der Waals surface area contributed by atoms with Crippen LogP contribution in [0.25, 0.3) is 0 Å². The van der Waals surface area contributed by atoms with Gasteiger partial charge < -0.3 is 11.1 Å². The fourth-order valence-corrected chi connectivity index (χ4v) is 3.08. The Balaban J connectivity index is 1.49. The molecule has 0 bridgehead atoms. The first-order valence-electron chi connectivity index (χ1n) is 8.47. The summed E-state index contributed by atoms with van der Waals surface area (Å²) in [6.07, 6.45) is 3.60. The van der Waals surface area contributed by atoms with Gasteiger partial charge in [-0.15, -0.1) is 0 Å². The molecule has 0 aliphatic carbocycles. The number of nitrogens with one attached hydrogen (secondary N) is 1. The number of benzene rings is 1. The van der Waals surface area contributed by atoms with Crippen LogP contribution in [0, 0.1) is 0 Å². The zero-order valence-electron chi connectivity index (χ0n) is 13.8. The van der Waals surface area contributed by atoms with Crippen molar-refractivity contribution in [1.82, 2.24) is 15.2 Å². The Morgan fingerprint density at radius 2 is 1.96 bits per heavy atom. The molecule has 1 aliphatic rings. The highest BCUT2D eigenvalue weighted by Gasteiger charge is 2.21. The van der Waals surface area contributed by atoms with E-state index in [1.165, 1.54) is 5.56 Å². The van der Waals surface area contributed by atoms with E-state index in [4.69, 9.17) is 5.73 Å². The Labute approximate surface area is 142 Å². The summed E-state index contributed by atoms with van der Waals surface area (Å²) in [5.41, 5.74) is 8.29. The molecule has 24 heavy (non-hydrogen) atoms. The number of nitrogens with zero attached hydrogens (tertiary/aromatic N) is 2. The van der Waals surface area contributed by atoms with E-state index in [2.05, 4.69) is 39.5 Å². The number of carbonyl (C=O) groups excluding carboxylic acids is 1. The highest BCUT2D eigenvalue weighted by molar-refractivity contribution is 5.94. The SMILES string of the molecule is NCc1cc(C(=O)NC2CCN(Cc3ccccc3)CC2)ccn1. The lowest BCUT2D eigenvalue weighted by molar-refractivity contribution is 0.0908. The maximum atomic E-state index is 12.4. The minimum Gasteiger partial charge on any atom is -0.349 e. The summed E-state index contributed by atoms with van der Waals surface area (Å²) in [7, 11) is 0. The first-order chi connectivity index (χ1) is 11.7. The topological polar surface area (TPSA) is 71.2 Å². The third-order valence-electron chi connectivity index (χ3n) is 4.46. The van der Waals surface area contributed by atoms with Crippen molar-refractivity contribution in [3.8, 4) is 0 Å². The lowest BCUT2D eigenvalue weighted by Crippen LogP contribution is -2.44. The van der Waals surface area contributed by atoms with Crippen LogP contribution in [-0.2, 0) is 13.1 Å². The zero-order chi connectivity index (χ0) is 16.8. The Morgan fingerprint density at radius 1 is 1.21 bits per heavy atom. The van der Waals surface area contributed by atoms with Gasteiger partial charge in [-0.3, -0.25) is 14.7 Å². The van der Waals surface area contributed by atoms with Crippen molar-refractivity contribution in [2.45, 2.75) is 32.0 Å². The number of likely N-dealkylation sites (tertiary alicyclic amines) is 1. The maximum Gasteiger partial charge on any atom is 0.251 e. The Kier molecular flexibility index (Phi) is 5.56. The van der Waals surface area contributed by atoms with Crippen LogP contribution in [0.1, 0.15) is 34.5 Å². The van der Waals surface area contributed by atoms with Crippen LogP contribution >= 0.6 is 0 Å². The van der Waals surface area contributed by atoms with Crippen molar-refractivity contribution in [3.05, 3.63) is 65.5 Å². The zero-order valence-corrected chi connectivity index (χ0v) is 13.8. The van der Waals surface area contributed by atoms with Gasteiger partial charge in [-0.2, -0.15) is 0 Å². The van der Waals surface area contributed by atoms with Gasteiger partial charge >= 0.3 is 0 Å². The number of aromatic nitrogens is 1. The summed E-state index contributed by atoms with van der Waals surface area (Å²) in [6, 6.07) is 14.2. The van der Waals surface area contributed by atoms with Gasteiger partial charge in [0.1, 0.15) is 0 Å². The van der Waals surface area contributed by atoms with Gasteiger partial charge in [-0.1, -0.05) is 30.3 Å². The van der Waals surface area contributed by atoms with Crippen molar-refractivity contribution in [3.63, 3.8) is 0 Å². The van der Waals surface area contributed by atoms with E-state index in [-0.39, 0.29) is 11.9 Å². The number of rotatable bonds is 5. The van der Waals surface area contributed by atoms with Gasteiger partial charge in [0.15, 0.2) is 0 Å². The molecule has 1 fully saturated rings. The molecule has 0 radical (unpaired) electrons. The van der Waals surface area contributed by atoms with Gasteiger partial charge in [0.2, 0.25) is 0 Å². The van der Waals surface area contributed by atoms with Crippen LogP contribution in [0.4, 0.5) is 0 Å². The van der Waals surface area contributed by atoms with Crippen molar-refractivity contribution in [1.29, 1.82) is 0 Å². The number of carbonyl (C=O) groups is 1. The van der Waals surface area contributed by atoms with E-state index in [9.17, 15) is 4.79 Å². The summed E-state index contributed by atoms with van der Waals surface area (Å²) >= 11 is 0. The average Bonchev–Trinajstić information content (AvgIpc) is 2.64. The van der Waals surface area contributed by atoms with Gasteiger partial charge in [-0.05, 0) is 30.5 Å². The molecule has 1 amide bonds. The first kappa shape index (κ1) is 16.6. The molecule has 5 heteroatoms. The van der Waals surface area contributed by atoms with Crippen LogP contribution in [0.3, 0.4) is 0 Å². The minimum atomic E-state index is -0.0337. The molecule has 1 saturated heterocycles. The van der Waals surface area contributed by atoms with Crippen LogP contribution in [0.2, 0.25) is 0 Å². The Hall–Kier alpha value is -2.24. The molecule has 0 unspecified atom stereocenters. The summed E-state index contributed by atoms with van der Waals surface area (Å²) in [5.74, 6) is -0.0337. The maximum absolute atomic E-state index is 12.4. The second kappa shape index (κ2) is 8.04. The van der Waals surface area contributed by atoms with E-state index in [1.54, 1.807) is 18.3 Å². The molecule has 1 aromatic carbocycles. The normalized spacial score (nSPS) is 16.0. The van der Waals surface area contributed by atoms with Crippen molar-refractivity contribution in [2.75, 3.05) is 13.1 Å². The lowest BCUT2D eigenvalue weighted by atomic mass is 10.0. The van der Waals surface area contributed by atoms with E-state index < -0.39 is 0 Å². The number of hydrogen-bond donors (Lipinski definition) is 2. The van der Waals surface area contributed by atoms with Gasteiger partial charge in [-0.25, -0.2) is 0 Å². The van der Waals surface area contributed by atoms with Crippen LogP contribution in [-0.4, -0.2) is 34.9 Å². The second-order valence-corrected chi connectivity index (χ2v) is 6.25. The third-order valence-corrected chi connectivity index (χ3v) is 4.46. The highest BCUT2D eigenvalue weighted by atomic mass is 16.1. The molecule has 126 valence electrons. The van der Waals surface area contributed by atoms with Gasteiger partial charge in [0.25, 0.3) is 5.91 Å². The molecule has 1 aliphatic heterocycles. The van der Waals surface area contributed by atoms with Crippen molar-refractivity contribution in [2.24, 2.45) is 5.73 Å². The number of piperidine rings is 1. The van der Waals surface area contributed by atoms with E-state index in [1.807, 2.05) is 6.07 Å². The highest BCUT2D eigenvalue weighted by Crippen LogP contribution is 2.14. The first-order valence-corrected chi connectivity index (χ1v) is 8.47. The molecule has 2 aromatic rings. The van der Waals surface area contributed by atoms with Crippen LogP contribution in [0.5, 0.6) is 0 Å². The molecule has 2 heterocycles. The average molecular weight is 324 g/mol. The molecule has 1 aromatic heterocycles.